The van der Waals surface area contributed by atoms with Crippen LogP contribution in [0.1, 0.15) is 34.1 Å². The number of nitrogens with zero attached hydrogens (tertiary/aromatic N) is 3. The van der Waals surface area contributed by atoms with Gasteiger partial charge in [0.2, 0.25) is 5.91 Å². The van der Waals surface area contributed by atoms with E-state index in [2.05, 4.69) is 15.5 Å². The van der Waals surface area contributed by atoms with E-state index in [4.69, 9.17) is 0 Å². The number of amides is 2. The lowest BCUT2D eigenvalue weighted by Gasteiger charge is -2.19. The molecule has 1 heterocycles. The molecule has 0 radical (unpaired) electrons. The fourth-order valence-corrected chi connectivity index (χ4v) is 3.40. The summed E-state index contributed by atoms with van der Waals surface area (Å²) in [6, 6.07) is 11.6. The third kappa shape index (κ3) is 4.85. The van der Waals surface area contributed by atoms with Gasteiger partial charge in [0, 0.05) is 17.9 Å². The van der Waals surface area contributed by atoms with Crippen molar-refractivity contribution in [3.05, 3.63) is 70.2 Å². The summed E-state index contributed by atoms with van der Waals surface area (Å²) in [6.45, 7) is 5.50. The number of aryl methyl sites for hydroxylation is 2. The van der Waals surface area contributed by atoms with Crippen LogP contribution in [-0.2, 0) is 4.79 Å². The number of aromatic hydroxyl groups is 1. The lowest BCUT2D eigenvalue weighted by Crippen LogP contribution is -2.22. The van der Waals surface area contributed by atoms with Crippen LogP contribution in [0, 0.1) is 13.8 Å². The lowest BCUT2D eigenvalue weighted by molar-refractivity contribution is -0.115. The number of benzene rings is 2. The van der Waals surface area contributed by atoms with Crippen LogP contribution < -0.4 is 10.3 Å². The minimum Gasteiger partial charge on any atom is -0.508 e. The van der Waals surface area contributed by atoms with Crippen LogP contribution >= 0.6 is 11.3 Å². The van der Waals surface area contributed by atoms with Gasteiger partial charge in [-0.15, -0.1) is 11.3 Å². The number of thiazole rings is 1. The Balaban J connectivity index is 1.73. The van der Waals surface area contributed by atoms with E-state index in [0.717, 1.165) is 16.8 Å². The molecule has 0 unspecified atom stereocenters. The molecule has 0 bridgehead atoms. The summed E-state index contributed by atoms with van der Waals surface area (Å²) < 4.78 is 0. The molecule has 3 aromatic rings. The second kappa shape index (κ2) is 8.66. The largest absolute Gasteiger partial charge is 0.508 e. The number of carbonyl (C=O) groups excluding carboxylic acids is 2. The Morgan fingerprint density at radius 2 is 1.86 bits per heavy atom. The number of anilines is 2. The number of rotatable bonds is 5. The second-order valence-electron chi connectivity index (χ2n) is 6.42. The molecule has 148 valence electrons. The van der Waals surface area contributed by atoms with Gasteiger partial charge in [0.05, 0.1) is 17.6 Å². The minimum absolute atomic E-state index is 0.0823. The zero-order valence-corrected chi connectivity index (χ0v) is 17.0. The van der Waals surface area contributed by atoms with Crippen LogP contribution in [-0.4, -0.2) is 28.1 Å². The SMILES string of the molecule is CC(=O)N(c1ccc(C)c(C)c1)c1nc(/C=N\NC(=O)c2ccc(O)cc2)cs1. The highest BCUT2D eigenvalue weighted by Gasteiger charge is 2.18. The van der Waals surface area contributed by atoms with E-state index in [-0.39, 0.29) is 11.7 Å². The number of hydrazone groups is 1. The molecule has 7 nitrogen and oxygen atoms in total. The van der Waals surface area contributed by atoms with Gasteiger partial charge in [-0.2, -0.15) is 5.10 Å². The third-order valence-electron chi connectivity index (χ3n) is 4.26. The van der Waals surface area contributed by atoms with E-state index in [1.165, 1.54) is 48.7 Å². The molecule has 0 spiro atoms. The molecule has 0 aliphatic rings. The van der Waals surface area contributed by atoms with E-state index in [1.807, 2.05) is 32.0 Å². The van der Waals surface area contributed by atoms with Gasteiger partial charge in [-0.3, -0.25) is 14.5 Å². The van der Waals surface area contributed by atoms with Crippen molar-refractivity contribution in [3.8, 4) is 5.75 Å². The van der Waals surface area contributed by atoms with Gasteiger partial charge in [0.15, 0.2) is 5.13 Å². The summed E-state index contributed by atoms with van der Waals surface area (Å²) in [5, 5.41) is 15.4. The predicted molar refractivity (Wildman–Crippen MR) is 114 cm³/mol. The van der Waals surface area contributed by atoms with Crippen LogP contribution in [0.4, 0.5) is 10.8 Å². The topological polar surface area (TPSA) is 94.9 Å². The van der Waals surface area contributed by atoms with Crippen molar-refractivity contribution in [1.29, 1.82) is 0 Å². The fourth-order valence-electron chi connectivity index (χ4n) is 2.56. The van der Waals surface area contributed by atoms with Gasteiger partial charge in [-0.25, -0.2) is 10.4 Å². The first-order chi connectivity index (χ1) is 13.8. The Bertz CT molecular complexity index is 1070. The Morgan fingerprint density at radius 3 is 2.52 bits per heavy atom. The monoisotopic (exact) mass is 408 g/mol. The predicted octanol–water partition coefficient (Wildman–Crippen LogP) is 3.91. The van der Waals surface area contributed by atoms with Gasteiger partial charge in [-0.05, 0) is 61.4 Å². The first-order valence-corrected chi connectivity index (χ1v) is 9.69. The molecule has 3 rings (SSSR count). The minimum atomic E-state index is -0.405. The zero-order chi connectivity index (χ0) is 21.0. The van der Waals surface area contributed by atoms with Gasteiger partial charge in [0.1, 0.15) is 5.75 Å². The van der Waals surface area contributed by atoms with Gasteiger partial charge in [0.25, 0.3) is 5.91 Å². The number of phenolic OH excluding ortho intramolecular Hbond substituents is 1. The summed E-state index contributed by atoms with van der Waals surface area (Å²) in [5.74, 6) is -0.470. The molecular formula is C21H20N4O3S. The Hall–Kier alpha value is -3.52. The number of nitrogens with one attached hydrogen (secondary N) is 1. The standard InChI is InChI=1S/C21H20N4O3S/c1-13-4-7-18(10-14(13)2)25(15(3)26)21-23-17(12-29-21)11-22-24-20(28)16-5-8-19(27)9-6-16/h4-12,27H,1-3H3,(H,24,28)/b22-11-. The molecular weight excluding hydrogens is 388 g/mol. The normalized spacial score (nSPS) is 10.9. The molecule has 0 aliphatic heterocycles. The van der Waals surface area contributed by atoms with Crippen molar-refractivity contribution >= 4 is 40.2 Å². The summed E-state index contributed by atoms with van der Waals surface area (Å²) in [7, 11) is 0. The van der Waals surface area contributed by atoms with E-state index < -0.39 is 5.91 Å². The summed E-state index contributed by atoms with van der Waals surface area (Å²) in [4.78, 5) is 30.2. The molecule has 0 saturated heterocycles. The highest BCUT2D eigenvalue weighted by atomic mass is 32.1. The number of aromatic nitrogens is 1. The van der Waals surface area contributed by atoms with Crippen LogP contribution in [0.2, 0.25) is 0 Å². The van der Waals surface area contributed by atoms with E-state index in [0.29, 0.717) is 16.4 Å². The van der Waals surface area contributed by atoms with Crippen LogP contribution in [0.5, 0.6) is 5.75 Å². The summed E-state index contributed by atoms with van der Waals surface area (Å²) in [5.41, 5.74) is 6.28. The molecule has 2 N–H and O–H groups in total. The van der Waals surface area contributed by atoms with E-state index >= 15 is 0 Å². The first-order valence-electron chi connectivity index (χ1n) is 8.81. The number of carbonyl (C=O) groups is 2. The molecule has 1 aromatic heterocycles. The van der Waals surface area contributed by atoms with E-state index in [1.54, 1.807) is 10.3 Å². The van der Waals surface area contributed by atoms with Crippen molar-refractivity contribution in [2.75, 3.05) is 4.90 Å². The van der Waals surface area contributed by atoms with Crippen molar-refractivity contribution in [2.45, 2.75) is 20.8 Å². The van der Waals surface area contributed by atoms with Gasteiger partial charge >= 0.3 is 0 Å². The highest BCUT2D eigenvalue weighted by Crippen LogP contribution is 2.29. The number of hydrogen-bond donors (Lipinski definition) is 2. The van der Waals surface area contributed by atoms with E-state index in [9.17, 15) is 14.7 Å². The van der Waals surface area contributed by atoms with Crippen molar-refractivity contribution in [3.63, 3.8) is 0 Å². The maximum absolute atomic E-state index is 12.2. The smallest absolute Gasteiger partial charge is 0.271 e. The molecule has 8 heteroatoms. The van der Waals surface area contributed by atoms with Gasteiger partial charge in [-0.1, -0.05) is 6.07 Å². The molecule has 0 atom stereocenters. The molecule has 29 heavy (non-hydrogen) atoms. The zero-order valence-electron chi connectivity index (χ0n) is 16.2. The molecule has 0 aliphatic carbocycles. The maximum atomic E-state index is 12.2. The van der Waals surface area contributed by atoms with Crippen LogP contribution in [0.15, 0.2) is 52.9 Å². The molecule has 2 amide bonds. The Morgan fingerprint density at radius 1 is 1.14 bits per heavy atom. The molecule has 0 saturated carbocycles. The number of phenols is 1. The maximum Gasteiger partial charge on any atom is 0.271 e. The summed E-state index contributed by atoms with van der Waals surface area (Å²) in [6.07, 6.45) is 1.41. The van der Waals surface area contributed by atoms with Crippen molar-refractivity contribution < 1.29 is 14.7 Å². The molecule has 0 fully saturated rings. The summed E-state index contributed by atoms with van der Waals surface area (Å²) >= 11 is 1.31. The van der Waals surface area contributed by atoms with Crippen molar-refractivity contribution in [2.24, 2.45) is 5.10 Å². The highest BCUT2D eigenvalue weighted by molar-refractivity contribution is 7.14. The average Bonchev–Trinajstić information content (AvgIpc) is 3.13. The fraction of sp³-hybridized carbons (Fsp3) is 0.143. The third-order valence-corrected chi connectivity index (χ3v) is 5.10. The second-order valence-corrected chi connectivity index (χ2v) is 7.26. The quantitative estimate of drug-likeness (QED) is 0.494. The van der Waals surface area contributed by atoms with Crippen LogP contribution in [0.25, 0.3) is 0 Å². The lowest BCUT2D eigenvalue weighted by atomic mass is 10.1. The van der Waals surface area contributed by atoms with Crippen LogP contribution in [0.3, 0.4) is 0 Å². The Kier molecular flexibility index (Phi) is 6.04. The Labute approximate surface area is 172 Å². The first kappa shape index (κ1) is 20.2. The average molecular weight is 408 g/mol. The van der Waals surface area contributed by atoms with Gasteiger partial charge < -0.3 is 5.11 Å². The molecule has 2 aromatic carbocycles. The van der Waals surface area contributed by atoms with Crippen molar-refractivity contribution in [1.82, 2.24) is 10.4 Å². The number of hydrogen-bond acceptors (Lipinski definition) is 6.